The van der Waals surface area contributed by atoms with E-state index >= 15 is 0 Å². The second-order valence-electron chi connectivity index (χ2n) is 4.04. The van der Waals surface area contributed by atoms with Gasteiger partial charge in [-0.1, -0.05) is 12.1 Å². The summed E-state index contributed by atoms with van der Waals surface area (Å²) in [4.78, 5) is 0. The number of nitrogens with zero attached hydrogens (tertiary/aromatic N) is 3. The van der Waals surface area contributed by atoms with Gasteiger partial charge in [-0.05, 0) is 19.1 Å². The van der Waals surface area contributed by atoms with Crippen LogP contribution in [0.3, 0.4) is 0 Å². The van der Waals surface area contributed by atoms with Gasteiger partial charge in [-0.2, -0.15) is 19.1 Å². The van der Waals surface area contributed by atoms with Crippen LogP contribution in [0.2, 0.25) is 0 Å². The lowest BCUT2D eigenvalue weighted by Gasteiger charge is -2.12. The summed E-state index contributed by atoms with van der Waals surface area (Å²) in [5.41, 5.74) is 1.26. The zero-order chi connectivity index (χ0) is 14.7. The van der Waals surface area contributed by atoms with Crippen molar-refractivity contribution in [2.75, 3.05) is 5.32 Å². The molecule has 0 radical (unpaired) electrons. The average molecular weight is 278 g/mol. The second kappa shape index (κ2) is 5.57. The highest BCUT2D eigenvalue weighted by Crippen LogP contribution is 2.30. The van der Waals surface area contributed by atoms with E-state index in [2.05, 4.69) is 15.2 Å². The van der Waals surface area contributed by atoms with Gasteiger partial charge in [-0.15, -0.1) is 0 Å². The number of rotatable bonds is 4. The Balaban J connectivity index is 2.38. The molecule has 0 bridgehead atoms. The molecule has 2 rings (SSSR count). The Morgan fingerprint density at radius 2 is 2.10 bits per heavy atom. The van der Waals surface area contributed by atoms with Gasteiger partial charge in [-0.25, -0.2) is 0 Å². The lowest BCUT2D eigenvalue weighted by molar-refractivity contribution is -0.0493. The van der Waals surface area contributed by atoms with Gasteiger partial charge in [0.25, 0.3) is 0 Å². The predicted octanol–water partition coefficient (Wildman–Crippen LogP) is 2.95. The molecule has 0 fully saturated rings. The topological polar surface area (TPSA) is 62.9 Å². The molecule has 0 atom stereocenters. The highest BCUT2D eigenvalue weighted by atomic mass is 19.3. The van der Waals surface area contributed by atoms with E-state index in [1.165, 1.54) is 10.7 Å². The number of para-hydroxylation sites is 2. The van der Waals surface area contributed by atoms with E-state index in [4.69, 9.17) is 5.26 Å². The fraction of sp³-hybridized carbons (Fsp3) is 0.231. The van der Waals surface area contributed by atoms with Crippen LogP contribution in [0.5, 0.6) is 5.75 Å². The molecule has 0 unspecified atom stereocenters. The minimum atomic E-state index is -2.92. The van der Waals surface area contributed by atoms with E-state index in [0.29, 0.717) is 22.8 Å². The SMILES string of the molecule is Cc1nn(C)c(Nc2ccccc2OC(F)F)c1C#N. The van der Waals surface area contributed by atoms with Crippen LogP contribution in [0.4, 0.5) is 20.3 Å². The number of hydrogen-bond acceptors (Lipinski definition) is 4. The summed E-state index contributed by atoms with van der Waals surface area (Å²) in [6.07, 6.45) is 0. The number of aromatic nitrogens is 2. The minimum absolute atomic E-state index is 0.00485. The van der Waals surface area contributed by atoms with E-state index in [1.807, 2.05) is 6.07 Å². The summed E-state index contributed by atoms with van der Waals surface area (Å²) in [5.74, 6) is 0.431. The summed E-state index contributed by atoms with van der Waals surface area (Å²) >= 11 is 0. The molecule has 0 aliphatic heterocycles. The van der Waals surface area contributed by atoms with Crippen molar-refractivity contribution >= 4 is 11.5 Å². The molecule has 0 saturated carbocycles. The van der Waals surface area contributed by atoms with Gasteiger partial charge in [0, 0.05) is 7.05 Å². The smallest absolute Gasteiger partial charge is 0.387 e. The third kappa shape index (κ3) is 2.69. The Morgan fingerprint density at radius 3 is 2.75 bits per heavy atom. The normalized spacial score (nSPS) is 10.4. The zero-order valence-corrected chi connectivity index (χ0v) is 10.9. The monoisotopic (exact) mass is 278 g/mol. The van der Waals surface area contributed by atoms with Crippen LogP contribution in [-0.4, -0.2) is 16.4 Å². The standard InChI is InChI=1S/C13H12F2N4O/c1-8-9(7-16)12(19(2)18-8)17-10-5-3-4-6-11(10)20-13(14)15/h3-6,13,17H,1-2H3. The van der Waals surface area contributed by atoms with Crippen LogP contribution >= 0.6 is 0 Å². The maximum Gasteiger partial charge on any atom is 0.387 e. The van der Waals surface area contributed by atoms with Crippen molar-refractivity contribution in [2.45, 2.75) is 13.5 Å². The van der Waals surface area contributed by atoms with Gasteiger partial charge in [-0.3, -0.25) is 4.68 Å². The molecule has 0 aliphatic carbocycles. The molecule has 0 aliphatic rings. The van der Waals surface area contributed by atoms with Crippen molar-refractivity contribution in [3.05, 3.63) is 35.5 Å². The molecule has 1 aromatic heterocycles. The number of ether oxygens (including phenoxy) is 1. The quantitative estimate of drug-likeness (QED) is 0.934. The van der Waals surface area contributed by atoms with E-state index in [1.54, 1.807) is 32.2 Å². The van der Waals surface area contributed by atoms with Crippen LogP contribution in [0.1, 0.15) is 11.3 Å². The number of halogens is 2. The van der Waals surface area contributed by atoms with Gasteiger partial charge in [0.2, 0.25) is 0 Å². The molecule has 1 heterocycles. The van der Waals surface area contributed by atoms with Crippen LogP contribution in [0.25, 0.3) is 0 Å². The predicted molar refractivity (Wildman–Crippen MR) is 69.0 cm³/mol. The fourth-order valence-corrected chi connectivity index (χ4v) is 1.83. The minimum Gasteiger partial charge on any atom is -0.433 e. The number of hydrogen-bond donors (Lipinski definition) is 1. The Labute approximate surface area is 114 Å². The molecule has 1 N–H and O–H groups in total. The van der Waals surface area contributed by atoms with Gasteiger partial charge < -0.3 is 10.1 Å². The first-order valence-corrected chi connectivity index (χ1v) is 5.77. The maximum absolute atomic E-state index is 12.3. The van der Waals surface area contributed by atoms with Gasteiger partial charge in [0.05, 0.1) is 11.4 Å². The Bertz CT molecular complexity index is 661. The molecule has 0 spiro atoms. The first kappa shape index (κ1) is 13.8. The van der Waals surface area contributed by atoms with E-state index in [-0.39, 0.29) is 5.75 Å². The van der Waals surface area contributed by atoms with Crippen molar-refractivity contribution in [2.24, 2.45) is 7.05 Å². The molecular formula is C13H12F2N4O. The van der Waals surface area contributed by atoms with Crippen molar-refractivity contribution in [3.63, 3.8) is 0 Å². The number of benzene rings is 1. The Hall–Kier alpha value is -2.62. The third-order valence-electron chi connectivity index (χ3n) is 2.69. The summed E-state index contributed by atoms with van der Waals surface area (Å²) in [6.45, 7) is -1.22. The number of alkyl halides is 2. The molecular weight excluding hydrogens is 266 g/mol. The van der Waals surface area contributed by atoms with Crippen molar-refractivity contribution in [1.82, 2.24) is 9.78 Å². The third-order valence-corrected chi connectivity index (χ3v) is 2.69. The molecule has 20 heavy (non-hydrogen) atoms. The molecule has 7 heteroatoms. The van der Waals surface area contributed by atoms with Crippen LogP contribution in [-0.2, 0) is 7.05 Å². The Morgan fingerprint density at radius 1 is 1.40 bits per heavy atom. The summed E-state index contributed by atoms with van der Waals surface area (Å²) < 4.78 is 30.6. The van der Waals surface area contributed by atoms with Crippen molar-refractivity contribution in [1.29, 1.82) is 5.26 Å². The highest BCUT2D eigenvalue weighted by Gasteiger charge is 2.15. The molecule has 0 amide bonds. The molecule has 2 aromatic rings. The number of nitrogens with one attached hydrogen (secondary N) is 1. The largest absolute Gasteiger partial charge is 0.433 e. The van der Waals surface area contributed by atoms with Gasteiger partial charge in [0.15, 0.2) is 0 Å². The van der Waals surface area contributed by atoms with E-state index < -0.39 is 6.61 Å². The van der Waals surface area contributed by atoms with Crippen LogP contribution in [0, 0.1) is 18.3 Å². The van der Waals surface area contributed by atoms with Crippen molar-refractivity contribution < 1.29 is 13.5 Å². The first-order chi connectivity index (χ1) is 9.52. The fourth-order valence-electron chi connectivity index (χ4n) is 1.83. The first-order valence-electron chi connectivity index (χ1n) is 5.77. The summed E-state index contributed by atoms with van der Waals surface area (Å²) in [7, 11) is 1.66. The number of nitriles is 1. The van der Waals surface area contributed by atoms with Crippen LogP contribution < -0.4 is 10.1 Å². The highest BCUT2D eigenvalue weighted by molar-refractivity contribution is 5.69. The maximum atomic E-state index is 12.3. The molecule has 104 valence electrons. The van der Waals surface area contributed by atoms with E-state index in [9.17, 15) is 8.78 Å². The number of anilines is 2. The average Bonchev–Trinajstić information content (AvgIpc) is 2.65. The molecule has 1 aromatic carbocycles. The summed E-state index contributed by atoms with van der Waals surface area (Å²) in [5, 5.41) is 16.1. The second-order valence-corrected chi connectivity index (χ2v) is 4.04. The number of aryl methyl sites for hydroxylation is 2. The molecule has 0 saturated heterocycles. The Kier molecular flexibility index (Phi) is 3.84. The zero-order valence-electron chi connectivity index (χ0n) is 10.9. The van der Waals surface area contributed by atoms with Crippen LogP contribution in [0.15, 0.2) is 24.3 Å². The van der Waals surface area contributed by atoms with Crippen molar-refractivity contribution in [3.8, 4) is 11.8 Å². The lowest BCUT2D eigenvalue weighted by atomic mass is 10.2. The van der Waals surface area contributed by atoms with E-state index in [0.717, 1.165) is 0 Å². The lowest BCUT2D eigenvalue weighted by Crippen LogP contribution is -2.06. The summed E-state index contributed by atoms with van der Waals surface area (Å²) in [6, 6.07) is 8.30. The van der Waals surface area contributed by atoms with Gasteiger partial charge in [0.1, 0.15) is 23.2 Å². The van der Waals surface area contributed by atoms with Gasteiger partial charge >= 0.3 is 6.61 Å². The molecule has 5 nitrogen and oxygen atoms in total.